The Balaban J connectivity index is 2.08. The molecule has 4 heteroatoms. The topological polar surface area (TPSA) is 47.1 Å². The van der Waals surface area contributed by atoms with Crippen molar-refractivity contribution < 1.29 is 0 Å². The fourth-order valence-corrected chi connectivity index (χ4v) is 2.60. The molecule has 90 valence electrons. The predicted molar refractivity (Wildman–Crippen MR) is 64.9 cm³/mol. The van der Waals surface area contributed by atoms with E-state index in [-0.39, 0.29) is 0 Å². The first-order valence-corrected chi connectivity index (χ1v) is 6.13. The Hall–Kier alpha value is -0.870. The summed E-state index contributed by atoms with van der Waals surface area (Å²) in [6.07, 6.45) is 7.65. The summed E-state index contributed by atoms with van der Waals surface area (Å²) in [5, 5.41) is 0. The predicted octanol–water partition coefficient (Wildman–Crippen LogP) is 1.12. The lowest BCUT2D eigenvalue weighted by molar-refractivity contribution is 0.0869. The minimum atomic E-state index is 0.540. The van der Waals surface area contributed by atoms with Crippen LogP contribution in [0.5, 0.6) is 0 Å². The van der Waals surface area contributed by atoms with Crippen molar-refractivity contribution >= 4 is 0 Å². The number of aromatic nitrogens is 2. The van der Waals surface area contributed by atoms with Gasteiger partial charge in [-0.2, -0.15) is 0 Å². The zero-order chi connectivity index (χ0) is 11.5. The van der Waals surface area contributed by atoms with Crippen molar-refractivity contribution in [3.05, 3.63) is 18.2 Å². The van der Waals surface area contributed by atoms with Crippen LogP contribution >= 0.6 is 0 Å². The van der Waals surface area contributed by atoms with Crippen molar-refractivity contribution in [3.8, 4) is 0 Å². The Morgan fingerprint density at radius 1 is 1.50 bits per heavy atom. The molecule has 0 aliphatic carbocycles. The molecule has 0 spiro atoms. The zero-order valence-corrected chi connectivity index (χ0v) is 10.3. The molecule has 1 aliphatic heterocycles. The smallest absolute Gasteiger partial charge is 0.0945 e. The van der Waals surface area contributed by atoms with Gasteiger partial charge in [0.15, 0.2) is 0 Å². The monoisotopic (exact) mass is 222 g/mol. The first-order chi connectivity index (χ1) is 7.72. The first-order valence-electron chi connectivity index (χ1n) is 6.13. The van der Waals surface area contributed by atoms with Crippen LogP contribution in [0.3, 0.4) is 0 Å². The summed E-state index contributed by atoms with van der Waals surface area (Å²) in [6.45, 7) is 4.04. The third-order valence-electron chi connectivity index (χ3n) is 3.73. The second-order valence-corrected chi connectivity index (χ2v) is 4.84. The van der Waals surface area contributed by atoms with E-state index in [0.717, 1.165) is 13.1 Å². The maximum absolute atomic E-state index is 5.86. The fourth-order valence-electron chi connectivity index (χ4n) is 2.60. The maximum Gasteiger partial charge on any atom is 0.0945 e. The van der Waals surface area contributed by atoms with Crippen LogP contribution < -0.4 is 5.73 Å². The van der Waals surface area contributed by atoms with Crippen LogP contribution in [0.2, 0.25) is 0 Å². The molecule has 2 unspecified atom stereocenters. The first kappa shape index (κ1) is 11.6. The lowest BCUT2D eigenvalue weighted by atomic mass is 9.96. The van der Waals surface area contributed by atoms with Crippen LogP contribution in [0, 0.1) is 0 Å². The third-order valence-corrected chi connectivity index (χ3v) is 3.73. The highest BCUT2D eigenvalue weighted by atomic mass is 15.2. The number of aryl methyl sites for hydroxylation is 1. The van der Waals surface area contributed by atoms with Crippen molar-refractivity contribution in [1.82, 2.24) is 14.5 Å². The molecule has 2 rings (SSSR count). The van der Waals surface area contributed by atoms with Gasteiger partial charge in [0.1, 0.15) is 0 Å². The molecular formula is C12H22N4. The van der Waals surface area contributed by atoms with Crippen molar-refractivity contribution in [2.24, 2.45) is 12.8 Å². The highest BCUT2D eigenvalue weighted by Crippen LogP contribution is 2.24. The van der Waals surface area contributed by atoms with Crippen molar-refractivity contribution in [2.75, 3.05) is 6.54 Å². The van der Waals surface area contributed by atoms with Gasteiger partial charge in [0, 0.05) is 38.4 Å². The molecule has 2 atom stereocenters. The summed E-state index contributed by atoms with van der Waals surface area (Å²) in [6, 6.07) is 1.18. The van der Waals surface area contributed by atoms with E-state index >= 15 is 0 Å². The lowest BCUT2D eigenvalue weighted by Crippen LogP contribution is -2.48. The van der Waals surface area contributed by atoms with Crippen LogP contribution in [0.4, 0.5) is 0 Å². The molecule has 4 nitrogen and oxygen atoms in total. The summed E-state index contributed by atoms with van der Waals surface area (Å²) in [7, 11) is 2.05. The maximum atomic E-state index is 5.86. The van der Waals surface area contributed by atoms with Gasteiger partial charge in [-0.1, -0.05) is 6.42 Å². The molecular weight excluding hydrogens is 200 g/mol. The van der Waals surface area contributed by atoms with Gasteiger partial charge in [-0.3, -0.25) is 4.90 Å². The average Bonchev–Trinajstić information content (AvgIpc) is 2.67. The van der Waals surface area contributed by atoms with E-state index in [1.807, 2.05) is 19.6 Å². The number of imidazole rings is 1. The number of likely N-dealkylation sites (tertiary alicyclic amines) is 1. The molecule has 0 bridgehead atoms. The van der Waals surface area contributed by atoms with Gasteiger partial charge in [0.2, 0.25) is 0 Å². The Kier molecular flexibility index (Phi) is 3.61. The van der Waals surface area contributed by atoms with Gasteiger partial charge in [-0.25, -0.2) is 4.98 Å². The second-order valence-electron chi connectivity index (χ2n) is 4.84. The molecule has 0 aromatic carbocycles. The summed E-state index contributed by atoms with van der Waals surface area (Å²) >= 11 is 0. The molecule has 0 amide bonds. The van der Waals surface area contributed by atoms with Gasteiger partial charge in [0.25, 0.3) is 0 Å². The van der Waals surface area contributed by atoms with Gasteiger partial charge in [0.05, 0.1) is 12.0 Å². The SMILES string of the molecule is CC1CCCC(CN)N1Cc1cncn1C. The summed E-state index contributed by atoms with van der Waals surface area (Å²) < 4.78 is 2.09. The molecule has 1 aromatic heterocycles. The molecule has 2 N–H and O–H groups in total. The average molecular weight is 222 g/mol. The van der Waals surface area contributed by atoms with Crippen LogP contribution in [0.15, 0.2) is 12.5 Å². The number of hydrogen-bond acceptors (Lipinski definition) is 3. The minimum absolute atomic E-state index is 0.540. The van der Waals surface area contributed by atoms with E-state index in [1.54, 1.807) is 0 Å². The minimum Gasteiger partial charge on any atom is -0.337 e. The van der Waals surface area contributed by atoms with Crippen LogP contribution in [0.25, 0.3) is 0 Å². The molecule has 1 saturated heterocycles. The van der Waals surface area contributed by atoms with Gasteiger partial charge >= 0.3 is 0 Å². The van der Waals surface area contributed by atoms with E-state index in [9.17, 15) is 0 Å². The molecule has 2 heterocycles. The van der Waals surface area contributed by atoms with E-state index in [0.29, 0.717) is 12.1 Å². The van der Waals surface area contributed by atoms with Crippen LogP contribution in [0.1, 0.15) is 31.9 Å². The highest BCUT2D eigenvalue weighted by molar-refractivity contribution is 4.99. The van der Waals surface area contributed by atoms with Crippen molar-refractivity contribution in [3.63, 3.8) is 0 Å². The van der Waals surface area contributed by atoms with Crippen molar-refractivity contribution in [1.29, 1.82) is 0 Å². The molecule has 1 fully saturated rings. The van der Waals surface area contributed by atoms with E-state index < -0.39 is 0 Å². The highest BCUT2D eigenvalue weighted by Gasteiger charge is 2.27. The molecule has 0 saturated carbocycles. The van der Waals surface area contributed by atoms with E-state index in [4.69, 9.17) is 5.73 Å². The van der Waals surface area contributed by atoms with Crippen LogP contribution in [-0.4, -0.2) is 33.1 Å². The normalized spacial score (nSPS) is 27.2. The number of nitrogens with zero attached hydrogens (tertiary/aromatic N) is 3. The van der Waals surface area contributed by atoms with Gasteiger partial charge in [-0.15, -0.1) is 0 Å². The molecule has 1 aliphatic rings. The third kappa shape index (κ3) is 2.28. The molecule has 1 aromatic rings. The van der Waals surface area contributed by atoms with Gasteiger partial charge < -0.3 is 10.3 Å². The number of piperidine rings is 1. The van der Waals surface area contributed by atoms with E-state index in [2.05, 4.69) is 21.4 Å². The van der Waals surface area contributed by atoms with Gasteiger partial charge in [-0.05, 0) is 19.8 Å². The Labute approximate surface area is 97.4 Å². The summed E-state index contributed by atoms with van der Waals surface area (Å²) in [4.78, 5) is 6.70. The summed E-state index contributed by atoms with van der Waals surface area (Å²) in [5.41, 5.74) is 7.13. The number of hydrogen-bond donors (Lipinski definition) is 1. The van der Waals surface area contributed by atoms with Crippen molar-refractivity contribution in [2.45, 2.75) is 44.8 Å². The summed E-state index contributed by atoms with van der Waals surface area (Å²) in [5.74, 6) is 0. The molecule has 0 radical (unpaired) electrons. The lowest BCUT2D eigenvalue weighted by Gasteiger charge is -2.40. The zero-order valence-electron chi connectivity index (χ0n) is 10.3. The Morgan fingerprint density at radius 2 is 2.31 bits per heavy atom. The Bertz CT molecular complexity index is 334. The number of nitrogens with two attached hydrogens (primary N) is 1. The fraction of sp³-hybridized carbons (Fsp3) is 0.750. The standard InChI is InChI=1S/C12H22N4/c1-10-4-3-5-11(6-13)16(10)8-12-7-14-9-15(12)2/h7,9-11H,3-6,8,13H2,1-2H3. The quantitative estimate of drug-likeness (QED) is 0.833. The second kappa shape index (κ2) is 4.97. The Morgan fingerprint density at radius 3 is 2.94 bits per heavy atom. The molecule has 16 heavy (non-hydrogen) atoms. The largest absolute Gasteiger partial charge is 0.337 e. The number of rotatable bonds is 3. The van der Waals surface area contributed by atoms with E-state index in [1.165, 1.54) is 25.0 Å². The van der Waals surface area contributed by atoms with Crippen LogP contribution in [-0.2, 0) is 13.6 Å².